The Morgan fingerprint density at radius 3 is 2.64 bits per heavy atom. The number of carbonyl (C=O) groups is 2. The SMILES string of the molecule is CC(=O)N(CCC(=N)C=N)CC(=O)N1CCc2nc(NC3Cc4ccccc4C3)ncc2C1. The average Bonchev–Trinajstić information content (AvgIpc) is 3.23. The van der Waals surface area contributed by atoms with E-state index in [2.05, 4.69) is 34.6 Å². The first-order chi connectivity index (χ1) is 15.9. The summed E-state index contributed by atoms with van der Waals surface area (Å²) in [4.78, 5) is 37.1. The molecule has 1 aromatic heterocycles. The Morgan fingerprint density at radius 2 is 1.97 bits per heavy atom. The molecule has 0 atom stereocenters. The minimum Gasteiger partial charge on any atom is -0.351 e. The van der Waals surface area contributed by atoms with E-state index >= 15 is 0 Å². The van der Waals surface area contributed by atoms with Crippen LogP contribution in [0.15, 0.2) is 30.5 Å². The Kier molecular flexibility index (Phi) is 6.76. The van der Waals surface area contributed by atoms with Crippen LogP contribution >= 0.6 is 0 Å². The molecule has 1 aliphatic heterocycles. The molecular formula is C24H29N7O2. The van der Waals surface area contributed by atoms with Gasteiger partial charge < -0.3 is 25.9 Å². The molecule has 0 spiro atoms. The Balaban J connectivity index is 1.34. The molecule has 0 radical (unpaired) electrons. The van der Waals surface area contributed by atoms with Gasteiger partial charge in [0.15, 0.2) is 0 Å². The van der Waals surface area contributed by atoms with Gasteiger partial charge in [0, 0.05) is 63.4 Å². The zero-order chi connectivity index (χ0) is 23.4. The summed E-state index contributed by atoms with van der Waals surface area (Å²) < 4.78 is 0. The number of hydrogen-bond acceptors (Lipinski definition) is 7. The lowest BCUT2D eigenvalue weighted by Gasteiger charge is -2.30. The highest BCUT2D eigenvalue weighted by atomic mass is 16.2. The molecular weight excluding hydrogens is 418 g/mol. The van der Waals surface area contributed by atoms with Gasteiger partial charge in [-0.2, -0.15) is 0 Å². The van der Waals surface area contributed by atoms with Crippen LogP contribution in [-0.2, 0) is 35.4 Å². The minimum atomic E-state index is -0.216. The van der Waals surface area contributed by atoms with E-state index in [1.807, 2.05) is 0 Å². The van der Waals surface area contributed by atoms with Crippen molar-refractivity contribution >= 4 is 29.7 Å². The zero-order valence-corrected chi connectivity index (χ0v) is 18.8. The maximum atomic E-state index is 12.8. The lowest BCUT2D eigenvalue weighted by Crippen LogP contribution is -2.44. The molecule has 2 aliphatic rings. The van der Waals surface area contributed by atoms with Crippen LogP contribution in [0.25, 0.3) is 0 Å². The molecule has 172 valence electrons. The Morgan fingerprint density at radius 1 is 1.24 bits per heavy atom. The van der Waals surface area contributed by atoms with E-state index in [9.17, 15) is 9.59 Å². The van der Waals surface area contributed by atoms with Gasteiger partial charge in [0.1, 0.15) is 0 Å². The number of fused-ring (bicyclic) bond motifs is 2. The first-order valence-electron chi connectivity index (χ1n) is 11.2. The molecule has 2 amide bonds. The normalized spacial score (nSPS) is 14.9. The van der Waals surface area contributed by atoms with Crippen molar-refractivity contribution in [3.05, 3.63) is 52.8 Å². The molecule has 9 nitrogen and oxygen atoms in total. The number of hydrogen-bond donors (Lipinski definition) is 3. The topological polar surface area (TPSA) is 126 Å². The van der Waals surface area contributed by atoms with Gasteiger partial charge in [-0.15, -0.1) is 0 Å². The standard InChI is InChI=1S/C24H29N7O2/c1-16(32)30(8-6-20(26)12-25)15-23(33)31-9-7-22-19(14-31)13-27-24(29-22)28-21-10-17-4-2-3-5-18(17)11-21/h2-5,12-13,21,25-26H,6-11,14-15H2,1H3,(H,27,28,29). The molecule has 2 aromatic rings. The van der Waals surface area contributed by atoms with Gasteiger partial charge in [0.2, 0.25) is 17.8 Å². The van der Waals surface area contributed by atoms with Gasteiger partial charge in [0.25, 0.3) is 0 Å². The molecule has 33 heavy (non-hydrogen) atoms. The summed E-state index contributed by atoms with van der Waals surface area (Å²) in [5.74, 6) is 0.276. The fourth-order valence-electron chi connectivity index (χ4n) is 4.38. The van der Waals surface area contributed by atoms with Crippen molar-refractivity contribution < 1.29 is 9.59 Å². The number of benzene rings is 1. The third-order valence-corrected chi connectivity index (χ3v) is 6.27. The molecule has 0 fully saturated rings. The average molecular weight is 448 g/mol. The minimum absolute atomic E-state index is 0.0291. The van der Waals surface area contributed by atoms with Crippen LogP contribution in [-0.4, -0.2) is 69.2 Å². The summed E-state index contributed by atoms with van der Waals surface area (Å²) in [5, 5.41) is 18.1. The molecule has 2 heterocycles. The van der Waals surface area contributed by atoms with Crippen molar-refractivity contribution in [2.45, 2.75) is 45.2 Å². The van der Waals surface area contributed by atoms with E-state index in [4.69, 9.17) is 15.8 Å². The summed E-state index contributed by atoms with van der Waals surface area (Å²) in [6.07, 6.45) is 5.57. The highest BCUT2D eigenvalue weighted by Gasteiger charge is 2.26. The molecule has 0 unspecified atom stereocenters. The molecule has 1 aromatic carbocycles. The Labute approximate surface area is 193 Å². The van der Waals surface area contributed by atoms with Crippen LogP contribution in [0.2, 0.25) is 0 Å². The second kappa shape index (κ2) is 9.89. The summed E-state index contributed by atoms with van der Waals surface area (Å²) in [5.41, 5.74) is 4.75. The molecule has 0 saturated heterocycles. The second-order valence-electron chi connectivity index (χ2n) is 8.61. The predicted octanol–water partition coefficient (Wildman–Crippen LogP) is 1.85. The van der Waals surface area contributed by atoms with Crippen molar-refractivity contribution in [2.75, 3.05) is 25.0 Å². The lowest BCUT2D eigenvalue weighted by atomic mass is 10.1. The summed E-state index contributed by atoms with van der Waals surface area (Å²) in [6.45, 7) is 2.60. The molecule has 0 saturated carbocycles. The van der Waals surface area contributed by atoms with Crippen LogP contribution in [0.4, 0.5) is 5.95 Å². The van der Waals surface area contributed by atoms with Crippen molar-refractivity contribution in [1.82, 2.24) is 19.8 Å². The first kappa shape index (κ1) is 22.6. The molecule has 3 N–H and O–H groups in total. The smallest absolute Gasteiger partial charge is 0.242 e. The van der Waals surface area contributed by atoms with Crippen molar-refractivity contribution in [2.24, 2.45) is 0 Å². The van der Waals surface area contributed by atoms with Crippen LogP contribution < -0.4 is 5.32 Å². The Hall–Kier alpha value is -3.62. The number of nitrogens with zero attached hydrogens (tertiary/aromatic N) is 4. The lowest BCUT2D eigenvalue weighted by molar-refractivity contribution is -0.140. The van der Waals surface area contributed by atoms with Gasteiger partial charge in [-0.25, -0.2) is 9.97 Å². The van der Waals surface area contributed by atoms with E-state index in [1.165, 1.54) is 23.0 Å². The number of aromatic nitrogens is 2. The van der Waals surface area contributed by atoms with Crippen molar-refractivity contribution in [1.29, 1.82) is 10.8 Å². The maximum Gasteiger partial charge on any atom is 0.242 e. The van der Waals surface area contributed by atoms with E-state index < -0.39 is 0 Å². The quantitative estimate of drug-likeness (QED) is 0.533. The van der Waals surface area contributed by atoms with Crippen molar-refractivity contribution in [3.8, 4) is 0 Å². The third kappa shape index (κ3) is 5.42. The van der Waals surface area contributed by atoms with E-state index in [0.29, 0.717) is 25.5 Å². The molecule has 9 heteroatoms. The van der Waals surface area contributed by atoms with Crippen LogP contribution in [0.5, 0.6) is 0 Å². The van der Waals surface area contributed by atoms with Crippen LogP contribution in [0.3, 0.4) is 0 Å². The number of rotatable bonds is 8. The van der Waals surface area contributed by atoms with Gasteiger partial charge in [0.05, 0.1) is 18.0 Å². The summed E-state index contributed by atoms with van der Waals surface area (Å²) >= 11 is 0. The zero-order valence-electron chi connectivity index (χ0n) is 18.8. The molecule has 1 aliphatic carbocycles. The maximum absolute atomic E-state index is 12.8. The first-order valence-corrected chi connectivity index (χ1v) is 11.2. The number of carbonyl (C=O) groups excluding carboxylic acids is 2. The van der Waals surface area contributed by atoms with Gasteiger partial charge in [-0.05, 0) is 24.0 Å². The largest absolute Gasteiger partial charge is 0.351 e. The van der Waals surface area contributed by atoms with Crippen LogP contribution in [0, 0.1) is 10.8 Å². The van der Waals surface area contributed by atoms with Crippen molar-refractivity contribution in [3.63, 3.8) is 0 Å². The van der Waals surface area contributed by atoms with Gasteiger partial charge in [-0.1, -0.05) is 24.3 Å². The van der Waals surface area contributed by atoms with Crippen LogP contribution in [0.1, 0.15) is 35.7 Å². The monoisotopic (exact) mass is 447 g/mol. The van der Waals surface area contributed by atoms with Gasteiger partial charge >= 0.3 is 0 Å². The number of nitrogens with one attached hydrogen (secondary N) is 3. The molecule has 4 rings (SSSR count). The fourth-order valence-corrected chi connectivity index (χ4v) is 4.38. The van der Waals surface area contributed by atoms with E-state index in [1.54, 1.807) is 11.1 Å². The summed E-state index contributed by atoms with van der Waals surface area (Å²) in [7, 11) is 0. The highest BCUT2D eigenvalue weighted by molar-refractivity contribution is 6.27. The number of amides is 2. The predicted molar refractivity (Wildman–Crippen MR) is 126 cm³/mol. The molecule has 0 bridgehead atoms. The third-order valence-electron chi connectivity index (χ3n) is 6.27. The fraction of sp³-hybridized carbons (Fsp3) is 0.417. The van der Waals surface area contributed by atoms with E-state index in [0.717, 1.165) is 30.3 Å². The summed E-state index contributed by atoms with van der Waals surface area (Å²) in [6, 6.07) is 8.76. The number of anilines is 1. The highest BCUT2D eigenvalue weighted by Crippen LogP contribution is 2.24. The second-order valence-corrected chi connectivity index (χ2v) is 8.61. The Bertz CT molecular complexity index is 1060. The van der Waals surface area contributed by atoms with E-state index in [-0.39, 0.29) is 43.1 Å². The van der Waals surface area contributed by atoms with Gasteiger partial charge in [-0.3, -0.25) is 9.59 Å².